The highest BCUT2D eigenvalue weighted by molar-refractivity contribution is 7.48. The molecule has 0 unspecified atom stereocenters. The number of unbranched alkanes of at least 4 members (excludes halogenated alkanes) is 21. The van der Waals surface area contributed by atoms with Crippen molar-refractivity contribution in [1.82, 2.24) is 0 Å². The molecule has 0 aromatic heterocycles. The zero-order valence-corrected chi connectivity index (χ0v) is 34.8. The first-order valence-electron chi connectivity index (χ1n) is 20.5. The third-order valence-electron chi connectivity index (χ3n) is 8.61. The van der Waals surface area contributed by atoms with Gasteiger partial charge in [-0.2, -0.15) is 0 Å². The van der Waals surface area contributed by atoms with Gasteiger partial charge in [-0.3, -0.25) is 13.6 Å². The van der Waals surface area contributed by atoms with Crippen LogP contribution in [0.5, 0.6) is 0 Å². The van der Waals surface area contributed by atoms with Crippen molar-refractivity contribution in [3.8, 4) is 0 Å². The Morgan fingerprint density at radius 1 is 0.340 bits per heavy atom. The number of hydrogen-bond donors (Lipinski definition) is 0. The SMILES string of the molecule is C=C(C)C(=O)OCCCCCCCCCCOP(=O)(OCCCCCCCCCCOC(=O)C(=C)C)OCCCCCCCCCCOC(=O)C(=C)C. The first-order valence-corrected chi connectivity index (χ1v) is 22.0. The molecule has 308 valence electrons. The molecule has 0 amide bonds. The lowest BCUT2D eigenvalue weighted by Gasteiger charge is -2.18. The second kappa shape index (κ2) is 35.4. The summed E-state index contributed by atoms with van der Waals surface area (Å²) >= 11 is 0. The number of phosphoric ester groups is 1. The number of rotatable bonds is 39. The normalized spacial score (nSPS) is 11.3. The van der Waals surface area contributed by atoms with E-state index in [0.29, 0.717) is 56.4 Å². The lowest BCUT2D eigenvalue weighted by molar-refractivity contribution is -0.139. The van der Waals surface area contributed by atoms with Crippen LogP contribution >= 0.6 is 7.82 Å². The molecule has 11 heteroatoms. The lowest BCUT2D eigenvalue weighted by atomic mass is 10.1. The summed E-state index contributed by atoms with van der Waals surface area (Å²) in [6.45, 7) is 18.1. The van der Waals surface area contributed by atoms with Crippen molar-refractivity contribution in [2.24, 2.45) is 0 Å². The van der Waals surface area contributed by atoms with Gasteiger partial charge in [0.05, 0.1) is 39.6 Å². The molecule has 0 bridgehead atoms. The maximum Gasteiger partial charge on any atom is 0.474 e. The molecule has 0 saturated heterocycles. The largest absolute Gasteiger partial charge is 0.474 e. The summed E-state index contributed by atoms with van der Waals surface area (Å²) in [6, 6.07) is 0. The Bertz CT molecular complexity index is 928. The smallest absolute Gasteiger partial charge is 0.462 e. The van der Waals surface area contributed by atoms with Gasteiger partial charge in [-0.05, 0) is 59.3 Å². The highest BCUT2D eigenvalue weighted by Gasteiger charge is 2.26. The van der Waals surface area contributed by atoms with E-state index in [9.17, 15) is 18.9 Å². The minimum absolute atomic E-state index is 0.319. The number of ether oxygens (including phenoxy) is 3. The van der Waals surface area contributed by atoms with E-state index in [2.05, 4.69) is 19.7 Å². The summed E-state index contributed by atoms with van der Waals surface area (Å²) in [4.78, 5) is 34.2. The van der Waals surface area contributed by atoms with Crippen LogP contribution in [0.25, 0.3) is 0 Å². The molecule has 0 aromatic carbocycles. The minimum Gasteiger partial charge on any atom is -0.462 e. The fourth-order valence-corrected chi connectivity index (χ4v) is 6.58. The minimum atomic E-state index is -3.61. The van der Waals surface area contributed by atoms with E-state index in [4.69, 9.17) is 27.8 Å². The average Bonchev–Trinajstić information content (AvgIpc) is 3.12. The first kappa shape index (κ1) is 50.7. The molecular weight excluding hydrogens is 695 g/mol. The van der Waals surface area contributed by atoms with E-state index in [0.717, 1.165) is 154 Å². The zero-order valence-electron chi connectivity index (χ0n) is 33.9. The van der Waals surface area contributed by atoms with Crippen LogP contribution in [0.4, 0.5) is 0 Å². The summed E-state index contributed by atoms with van der Waals surface area (Å²) in [7, 11) is -3.61. The summed E-state index contributed by atoms with van der Waals surface area (Å²) in [5.41, 5.74) is 1.30. The number of hydrogen-bond acceptors (Lipinski definition) is 10. The molecule has 0 rings (SSSR count). The molecule has 0 aliphatic rings. The Labute approximate surface area is 322 Å². The third kappa shape index (κ3) is 34.0. The molecule has 0 radical (unpaired) electrons. The van der Waals surface area contributed by atoms with Crippen LogP contribution < -0.4 is 0 Å². The second-order valence-electron chi connectivity index (χ2n) is 14.2. The van der Waals surface area contributed by atoms with E-state index in [-0.39, 0.29) is 17.9 Å². The Morgan fingerprint density at radius 3 is 0.698 bits per heavy atom. The zero-order chi connectivity index (χ0) is 39.4. The maximum atomic E-state index is 13.5. The van der Waals surface area contributed by atoms with E-state index >= 15 is 0 Å². The fourth-order valence-electron chi connectivity index (χ4n) is 5.30. The molecular formula is C42H75O10P. The van der Waals surface area contributed by atoms with Gasteiger partial charge in [0, 0.05) is 16.7 Å². The lowest BCUT2D eigenvalue weighted by Crippen LogP contribution is -2.06. The summed E-state index contributed by atoms with van der Waals surface area (Å²) < 4.78 is 46.2. The topological polar surface area (TPSA) is 124 Å². The van der Waals surface area contributed by atoms with Gasteiger partial charge >= 0.3 is 25.7 Å². The van der Waals surface area contributed by atoms with E-state index in [1.807, 2.05) is 0 Å². The van der Waals surface area contributed by atoms with Crippen molar-refractivity contribution in [1.29, 1.82) is 0 Å². The Morgan fingerprint density at radius 2 is 0.509 bits per heavy atom. The monoisotopic (exact) mass is 771 g/mol. The highest BCUT2D eigenvalue weighted by Crippen LogP contribution is 2.50. The first-order chi connectivity index (χ1) is 25.5. The van der Waals surface area contributed by atoms with Crippen LogP contribution in [-0.2, 0) is 46.7 Å². The van der Waals surface area contributed by atoms with Crippen LogP contribution in [0.1, 0.15) is 175 Å². The van der Waals surface area contributed by atoms with Crippen molar-refractivity contribution in [2.75, 3.05) is 39.6 Å². The molecule has 0 heterocycles. The second-order valence-corrected chi connectivity index (χ2v) is 15.8. The van der Waals surface area contributed by atoms with Gasteiger partial charge in [0.25, 0.3) is 0 Å². The molecule has 53 heavy (non-hydrogen) atoms. The van der Waals surface area contributed by atoms with Gasteiger partial charge in [0.2, 0.25) is 0 Å². The molecule has 10 nitrogen and oxygen atoms in total. The van der Waals surface area contributed by atoms with E-state index in [1.165, 1.54) is 0 Å². The van der Waals surface area contributed by atoms with Gasteiger partial charge in [-0.1, -0.05) is 135 Å². The average molecular weight is 771 g/mol. The molecule has 0 spiro atoms. The number of esters is 3. The van der Waals surface area contributed by atoms with Crippen LogP contribution in [0.3, 0.4) is 0 Å². The van der Waals surface area contributed by atoms with Gasteiger partial charge in [-0.15, -0.1) is 0 Å². The number of carbonyl (C=O) groups is 3. The summed E-state index contributed by atoms with van der Waals surface area (Å²) in [6.07, 6.45) is 24.6. The standard InChI is InChI=1S/C42H75O10P/c1-37(2)40(43)47-31-25-19-13-7-10-16-22-28-34-50-53(46,51-35-29-23-17-11-8-14-20-26-32-48-41(44)38(3)4)52-36-30-24-18-12-9-15-21-27-33-49-42(45)39(5)6/h1,3,5,7-36H2,2,4,6H3. The number of carbonyl (C=O) groups excluding carboxylic acids is 3. The Hall–Kier alpha value is -2.26. The highest BCUT2D eigenvalue weighted by atomic mass is 31.2. The fraction of sp³-hybridized carbons (Fsp3) is 0.786. The van der Waals surface area contributed by atoms with E-state index < -0.39 is 7.82 Å². The number of phosphoric acid groups is 1. The van der Waals surface area contributed by atoms with E-state index in [1.54, 1.807) is 20.8 Å². The molecule has 0 aliphatic carbocycles. The molecule has 0 aliphatic heterocycles. The Kier molecular flexibility index (Phi) is 33.9. The van der Waals surface area contributed by atoms with Crippen LogP contribution in [0.2, 0.25) is 0 Å². The molecule has 0 saturated carbocycles. The van der Waals surface area contributed by atoms with Gasteiger partial charge in [0.15, 0.2) is 0 Å². The van der Waals surface area contributed by atoms with Gasteiger partial charge in [-0.25, -0.2) is 18.9 Å². The summed E-state index contributed by atoms with van der Waals surface area (Å²) in [5.74, 6) is -0.956. The van der Waals surface area contributed by atoms with Crippen LogP contribution in [0, 0.1) is 0 Å². The summed E-state index contributed by atoms with van der Waals surface area (Å²) in [5, 5.41) is 0. The Balaban J connectivity index is 4.22. The molecule has 0 aromatic rings. The predicted molar refractivity (Wildman–Crippen MR) is 214 cm³/mol. The van der Waals surface area contributed by atoms with Crippen molar-refractivity contribution >= 4 is 25.7 Å². The molecule has 0 fully saturated rings. The van der Waals surface area contributed by atoms with Gasteiger partial charge in [0.1, 0.15) is 0 Å². The van der Waals surface area contributed by atoms with Crippen LogP contribution in [-0.4, -0.2) is 57.5 Å². The van der Waals surface area contributed by atoms with Crippen molar-refractivity contribution in [3.05, 3.63) is 36.5 Å². The quantitative estimate of drug-likeness (QED) is 0.0196. The van der Waals surface area contributed by atoms with Crippen molar-refractivity contribution in [2.45, 2.75) is 175 Å². The van der Waals surface area contributed by atoms with Crippen molar-refractivity contribution in [3.63, 3.8) is 0 Å². The van der Waals surface area contributed by atoms with Crippen molar-refractivity contribution < 1.29 is 46.7 Å². The van der Waals surface area contributed by atoms with Gasteiger partial charge < -0.3 is 14.2 Å². The third-order valence-corrected chi connectivity index (χ3v) is 10.1. The molecule has 0 N–H and O–H groups in total. The maximum absolute atomic E-state index is 13.5. The van der Waals surface area contributed by atoms with Crippen LogP contribution in [0.15, 0.2) is 36.5 Å². The molecule has 0 atom stereocenters. The predicted octanol–water partition coefficient (Wildman–Crippen LogP) is 11.9.